The number of pyridine rings is 1. The van der Waals surface area contributed by atoms with Crippen LogP contribution in [0.4, 0.5) is 5.69 Å². The number of benzene rings is 2. The predicted molar refractivity (Wildman–Crippen MR) is 173 cm³/mol. The van der Waals surface area contributed by atoms with E-state index in [0.29, 0.717) is 18.2 Å². The smallest absolute Gasteiger partial charge is 0.157 e. The first-order valence-electron chi connectivity index (χ1n) is 15.0. The summed E-state index contributed by atoms with van der Waals surface area (Å²) in [6.07, 6.45) is 16.6. The summed E-state index contributed by atoms with van der Waals surface area (Å²) in [5.74, 6) is 0.282. The van der Waals surface area contributed by atoms with Crippen LogP contribution in [0.15, 0.2) is 142 Å². The van der Waals surface area contributed by atoms with Gasteiger partial charge >= 0.3 is 0 Å². The lowest BCUT2D eigenvalue weighted by Crippen LogP contribution is -2.58. The second-order valence-corrected chi connectivity index (χ2v) is 11.7. The maximum atomic E-state index is 11.7. The van der Waals surface area contributed by atoms with Crippen LogP contribution in [0.2, 0.25) is 0 Å². The molecule has 0 bridgehead atoms. The highest BCUT2D eigenvalue weighted by molar-refractivity contribution is 6.03. The summed E-state index contributed by atoms with van der Waals surface area (Å²) in [4.78, 5) is 14.1. The Morgan fingerprint density at radius 3 is 2.61 bits per heavy atom. The van der Waals surface area contributed by atoms with E-state index in [4.69, 9.17) is 15.7 Å². The van der Waals surface area contributed by atoms with E-state index in [2.05, 4.69) is 33.8 Å². The van der Waals surface area contributed by atoms with Gasteiger partial charge in [-0.05, 0) is 53.3 Å². The van der Waals surface area contributed by atoms with Crippen molar-refractivity contribution in [1.82, 2.24) is 15.6 Å². The van der Waals surface area contributed by atoms with Crippen LogP contribution in [0.5, 0.6) is 0 Å². The van der Waals surface area contributed by atoms with Crippen molar-refractivity contribution >= 4 is 28.1 Å². The molecule has 0 saturated heterocycles. The molecule has 8 rings (SSSR count). The Balaban J connectivity index is 1.07. The minimum Gasteiger partial charge on any atom is -0.392 e. The normalized spacial score (nSPS) is 28.8. The van der Waals surface area contributed by atoms with E-state index in [1.165, 1.54) is 0 Å². The molecule has 1 saturated carbocycles. The van der Waals surface area contributed by atoms with Crippen LogP contribution in [0, 0.1) is 17.8 Å². The number of nitrogens with zero attached hydrogens (tertiary/aromatic N) is 3. The van der Waals surface area contributed by atoms with Crippen LogP contribution in [0.3, 0.4) is 0 Å². The third kappa shape index (κ3) is 4.25. The fourth-order valence-electron chi connectivity index (χ4n) is 7.25. The Bertz CT molecular complexity index is 1900. The fraction of sp³-hybridized carbons (Fsp3) is 0.194. The van der Waals surface area contributed by atoms with E-state index < -0.39 is 18.1 Å². The zero-order valence-corrected chi connectivity index (χ0v) is 23.9. The lowest BCUT2D eigenvalue weighted by molar-refractivity contribution is -0.135. The number of aliphatic hydroxyl groups is 2. The van der Waals surface area contributed by atoms with Gasteiger partial charge in [0.2, 0.25) is 0 Å². The van der Waals surface area contributed by atoms with Gasteiger partial charge in [0.1, 0.15) is 11.5 Å². The predicted octanol–water partition coefficient (Wildman–Crippen LogP) is 4.26. The molecule has 44 heavy (non-hydrogen) atoms. The van der Waals surface area contributed by atoms with E-state index in [9.17, 15) is 10.2 Å². The molecule has 3 aromatic rings. The van der Waals surface area contributed by atoms with Gasteiger partial charge in [-0.3, -0.25) is 4.98 Å². The summed E-state index contributed by atoms with van der Waals surface area (Å²) in [6, 6.07) is 17.7. The third-order valence-corrected chi connectivity index (χ3v) is 9.35. The molecular formula is C36H32N6O2. The maximum absolute atomic E-state index is 11.7. The van der Waals surface area contributed by atoms with E-state index >= 15 is 0 Å². The standard InChI is InChI=1S/C36H32N6O2/c37-35(28-12-1-3-18-38-28)40-25-14-6-8-20-21(25)9-5-10-22(20)31-33(43)32(34(31)44)24-16-17-27-30-23(24)11-7-15-26(30)41-36(42-27)29-13-2-4-19-39-29/h1-17,19,23-24,31-34,38,43-44H,18H2,(H2,37,40)(H,41,42). The molecule has 2 aromatic carbocycles. The van der Waals surface area contributed by atoms with Crippen molar-refractivity contribution in [2.75, 3.05) is 6.54 Å². The number of aliphatic imine (C=N–C) groups is 2. The number of rotatable bonds is 5. The van der Waals surface area contributed by atoms with Crippen molar-refractivity contribution in [3.05, 3.63) is 143 Å². The van der Waals surface area contributed by atoms with Gasteiger partial charge in [-0.1, -0.05) is 66.8 Å². The van der Waals surface area contributed by atoms with Crippen LogP contribution in [-0.2, 0) is 0 Å². The number of amidine groups is 2. The highest BCUT2D eigenvalue weighted by Gasteiger charge is 2.55. The topological polar surface area (TPSA) is 128 Å². The number of aromatic nitrogens is 1. The molecule has 8 heteroatoms. The molecule has 0 amide bonds. The highest BCUT2D eigenvalue weighted by Crippen LogP contribution is 2.53. The highest BCUT2D eigenvalue weighted by atomic mass is 16.3. The zero-order valence-electron chi connectivity index (χ0n) is 23.9. The number of fused-ring (bicyclic) bond motifs is 1. The Kier molecular flexibility index (Phi) is 6.39. The van der Waals surface area contributed by atoms with Gasteiger partial charge in [0, 0.05) is 47.2 Å². The number of aliphatic hydroxyl groups excluding tert-OH is 2. The molecule has 6 N–H and O–H groups in total. The number of nitrogens with two attached hydrogens (primary N) is 1. The van der Waals surface area contributed by atoms with Gasteiger partial charge < -0.3 is 26.6 Å². The molecule has 5 aliphatic rings. The summed E-state index contributed by atoms with van der Waals surface area (Å²) in [5, 5.41) is 32.0. The SMILES string of the molecule is NC(=Nc1cccc2c(C3C(O)C(C4C=CC5=C6C(=CC=CC64)N=C(c4ccccn4)N5)C3O)cccc12)C1=CC=CCN1. The summed E-state index contributed by atoms with van der Waals surface area (Å²) < 4.78 is 0. The molecular weight excluding hydrogens is 548 g/mol. The van der Waals surface area contributed by atoms with E-state index in [1.807, 2.05) is 85.0 Å². The summed E-state index contributed by atoms with van der Waals surface area (Å²) in [6.45, 7) is 0.708. The Morgan fingerprint density at radius 1 is 0.932 bits per heavy atom. The van der Waals surface area contributed by atoms with Crippen molar-refractivity contribution < 1.29 is 10.2 Å². The molecule has 0 radical (unpaired) electrons. The maximum Gasteiger partial charge on any atom is 0.157 e. The van der Waals surface area contributed by atoms with Gasteiger partial charge in [-0.25, -0.2) is 9.98 Å². The van der Waals surface area contributed by atoms with Crippen molar-refractivity contribution in [3.63, 3.8) is 0 Å². The first kappa shape index (κ1) is 26.6. The molecule has 2 aliphatic heterocycles. The lowest BCUT2D eigenvalue weighted by atomic mass is 9.56. The number of hydrogen-bond donors (Lipinski definition) is 5. The molecule has 218 valence electrons. The van der Waals surface area contributed by atoms with Crippen LogP contribution in [0.25, 0.3) is 10.8 Å². The van der Waals surface area contributed by atoms with Gasteiger partial charge in [0.25, 0.3) is 0 Å². The van der Waals surface area contributed by atoms with Gasteiger partial charge in [0.15, 0.2) is 5.84 Å². The van der Waals surface area contributed by atoms with Crippen molar-refractivity contribution in [2.24, 2.45) is 33.5 Å². The van der Waals surface area contributed by atoms with Gasteiger partial charge in [0.05, 0.1) is 29.3 Å². The molecule has 1 fully saturated rings. The largest absolute Gasteiger partial charge is 0.392 e. The fourth-order valence-corrected chi connectivity index (χ4v) is 7.25. The van der Waals surface area contributed by atoms with Crippen molar-refractivity contribution in [1.29, 1.82) is 0 Å². The second kappa shape index (κ2) is 10.6. The van der Waals surface area contributed by atoms with E-state index in [1.54, 1.807) is 6.20 Å². The third-order valence-electron chi connectivity index (χ3n) is 9.35. The monoisotopic (exact) mass is 580 g/mol. The van der Waals surface area contributed by atoms with Crippen LogP contribution < -0.4 is 16.4 Å². The molecule has 1 aromatic heterocycles. The Morgan fingerprint density at radius 2 is 1.80 bits per heavy atom. The molecule has 0 spiro atoms. The second-order valence-electron chi connectivity index (χ2n) is 11.7. The summed E-state index contributed by atoms with van der Waals surface area (Å²) >= 11 is 0. The first-order valence-corrected chi connectivity index (χ1v) is 15.0. The number of allylic oxidation sites excluding steroid dienone is 8. The summed E-state index contributed by atoms with van der Waals surface area (Å²) in [5.41, 5.74) is 12.5. The van der Waals surface area contributed by atoms with Crippen LogP contribution in [0.1, 0.15) is 17.2 Å². The molecule has 4 unspecified atom stereocenters. The lowest BCUT2D eigenvalue weighted by Gasteiger charge is -2.52. The summed E-state index contributed by atoms with van der Waals surface area (Å²) in [7, 11) is 0. The number of nitrogens with one attached hydrogen (secondary N) is 2. The van der Waals surface area contributed by atoms with Crippen LogP contribution in [-0.4, -0.2) is 45.6 Å². The Labute approximate surface area is 255 Å². The molecule has 3 heterocycles. The quantitative estimate of drug-likeness (QED) is 0.227. The molecule has 8 nitrogen and oxygen atoms in total. The minimum absolute atomic E-state index is 0.0132. The van der Waals surface area contributed by atoms with E-state index in [-0.39, 0.29) is 17.8 Å². The van der Waals surface area contributed by atoms with Crippen LogP contribution >= 0.6 is 0 Å². The van der Waals surface area contributed by atoms with E-state index in [0.717, 1.165) is 50.4 Å². The van der Waals surface area contributed by atoms with Gasteiger partial charge in [-0.2, -0.15) is 0 Å². The van der Waals surface area contributed by atoms with Crippen molar-refractivity contribution in [3.8, 4) is 0 Å². The molecule has 3 aliphatic carbocycles. The minimum atomic E-state index is -0.722. The first-order chi connectivity index (χ1) is 21.6. The average molecular weight is 581 g/mol. The number of hydrogen-bond acceptors (Lipinski definition) is 7. The van der Waals surface area contributed by atoms with Crippen molar-refractivity contribution in [2.45, 2.75) is 18.1 Å². The number of dihydropyridines is 1. The zero-order chi connectivity index (χ0) is 29.8. The average Bonchev–Trinajstić information content (AvgIpc) is 3.07. The molecule has 4 atom stereocenters. The Hall–Kier alpha value is -5.05. The van der Waals surface area contributed by atoms with Gasteiger partial charge in [-0.15, -0.1) is 0 Å².